The van der Waals surface area contributed by atoms with E-state index >= 15 is 0 Å². The van der Waals surface area contributed by atoms with Gasteiger partial charge in [-0.05, 0) is 32.6 Å². The van der Waals surface area contributed by atoms with Crippen molar-refractivity contribution in [2.45, 2.75) is 44.8 Å². The van der Waals surface area contributed by atoms with Crippen LogP contribution in [0.5, 0.6) is 5.88 Å². The molecule has 1 aromatic heterocycles. The van der Waals surface area contributed by atoms with Gasteiger partial charge in [-0.15, -0.1) is 0 Å². The van der Waals surface area contributed by atoms with Crippen molar-refractivity contribution < 1.29 is 9.66 Å². The molecule has 1 aliphatic rings. The molecule has 0 spiro atoms. The van der Waals surface area contributed by atoms with Crippen molar-refractivity contribution in [2.24, 2.45) is 12.8 Å². The summed E-state index contributed by atoms with van der Waals surface area (Å²) < 4.78 is 7.18. The maximum Gasteiger partial charge on any atom is 0.353 e. The Labute approximate surface area is 105 Å². The van der Waals surface area contributed by atoms with Gasteiger partial charge in [-0.3, -0.25) is 10.1 Å². The van der Waals surface area contributed by atoms with Gasteiger partial charge in [0.2, 0.25) is 0 Å². The van der Waals surface area contributed by atoms with Crippen LogP contribution < -0.4 is 10.5 Å². The molecule has 0 unspecified atom stereocenters. The zero-order valence-corrected chi connectivity index (χ0v) is 10.6. The number of rotatable bonds is 3. The number of ether oxygens (including phenoxy) is 1. The lowest BCUT2D eigenvalue weighted by molar-refractivity contribution is -0.386. The largest absolute Gasteiger partial charge is 0.470 e. The van der Waals surface area contributed by atoms with Gasteiger partial charge in [0.1, 0.15) is 11.8 Å². The summed E-state index contributed by atoms with van der Waals surface area (Å²) in [6.45, 7) is 1.61. The van der Waals surface area contributed by atoms with Gasteiger partial charge in [0.05, 0.1) is 4.92 Å². The maximum absolute atomic E-state index is 11.0. The summed E-state index contributed by atoms with van der Waals surface area (Å²) in [5.41, 5.74) is 6.17. The topological polar surface area (TPSA) is 96.2 Å². The highest BCUT2D eigenvalue weighted by atomic mass is 16.6. The fourth-order valence-electron chi connectivity index (χ4n) is 2.33. The number of nitro groups is 1. The minimum atomic E-state index is -0.438. The van der Waals surface area contributed by atoms with E-state index in [2.05, 4.69) is 5.10 Å². The van der Waals surface area contributed by atoms with Crippen molar-refractivity contribution >= 4 is 5.69 Å². The number of aromatic nitrogens is 2. The second kappa shape index (κ2) is 4.93. The van der Waals surface area contributed by atoms with Crippen LogP contribution in [-0.2, 0) is 7.05 Å². The van der Waals surface area contributed by atoms with E-state index < -0.39 is 4.92 Å². The third-order valence-electron chi connectivity index (χ3n) is 3.32. The van der Waals surface area contributed by atoms with Crippen LogP contribution in [0.15, 0.2) is 0 Å². The summed E-state index contributed by atoms with van der Waals surface area (Å²) in [4.78, 5) is 10.6. The van der Waals surface area contributed by atoms with E-state index in [4.69, 9.17) is 10.5 Å². The van der Waals surface area contributed by atoms with Crippen LogP contribution in [-0.4, -0.2) is 26.8 Å². The number of aryl methyl sites for hydroxylation is 2. The molecule has 0 radical (unpaired) electrons. The molecule has 100 valence electrons. The van der Waals surface area contributed by atoms with Crippen molar-refractivity contribution in [3.8, 4) is 5.88 Å². The van der Waals surface area contributed by atoms with Crippen LogP contribution in [0.2, 0.25) is 0 Å². The van der Waals surface area contributed by atoms with Gasteiger partial charge < -0.3 is 10.5 Å². The van der Waals surface area contributed by atoms with Gasteiger partial charge in [0, 0.05) is 13.1 Å². The molecule has 2 rings (SSSR count). The van der Waals surface area contributed by atoms with Crippen LogP contribution in [0.4, 0.5) is 5.69 Å². The summed E-state index contributed by atoms with van der Waals surface area (Å²) in [5.74, 6) is 0.248. The lowest BCUT2D eigenvalue weighted by atomic mass is 9.94. The fourth-order valence-corrected chi connectivity index (χ4v) is 2.33. The predicted octanol–water partition coefficient (Wildman–Crippen LogP) is 1.29. The van der Waals surface area contributed by atoms with Gasteiger partial charge in [-0.1, -0.05) is 0 Å². The minimum Gasteiger partial charge on any atom is -0.470 e. The van der Waals surface area contributed by atoms with Crippen LogP contribution in [0.3, 0.4) is 0 Å². The average Bonchev–Trinajstić information content (AvgIpc) is 2.57. The van der Waals surface area contributed by atoms with E-state index in [0.717, 1.165) is 25.7 Å². The Morgan fingerprint density at radius 2 is 2.06 bits per heavy atom. The Balaban J connectivity index is 2.16. The van der Waals surface area contributed by atoms with Crippen molar-refractivity contribution in [2.75, 3.05) is 0 Å². The molecule has 1 aliphatic carbocycles. The van der Waals surface area contributed by atoms with E-state index in [-0.39, 0.29) is 23.7 Å². The first-order valence-corrected chi connectivity index (χ1v) is 6.09. The van der Waals surface area contributed by atoms with Crippen LogP contribution in [0.25, 0.3) is 0 Å². The van der Waals surface area contributed by atoms with Gasteiger partial charge in [0.15, 0.2) is 0 Å². The molecule has 1 aromatic rings. The van der Waals surface area contributed by atoms with Crippen LogP contribution in [0.1, 0.15) is 31.4 Å². The van der Waals surface area contributed by atoms with Crippen molar-refractivity contribution in [3.05, 3.63) is 15.8 Å². The molecule has 0 amide bonds. The van der Waals surface area contributed by atoms with E-state index in [9.17, 15) is 10.1 Å². The second-order valence-electron chi connectivity index (χ2n) is 4.77. The Kier molecular flexibility index (Phi) is 3.51. The molecule has 0 bridgehead atoms. The fraction of sp³-hybridized carbons (Fsp3) is 0.727. The quantitative estimate of drug-likeness (QED) is 0.647. The molecular weight excluding hydrogens is 236 g/mol. The molecule has 1 heterocycles. The van der Waals surface area contributed by atoms with Gasteiger partial charge in [-0.25, -0.2) is 4.68 Å². The first-order chi connectivity index (χ1) is 8.49. The number of nitrogens with zero attached hydrogens (tertiary/aromatic N) is 3. The minimum absolute atomic E-state index is 0.00157. The number of hydrogen-bond acceptors (Lipinski definition) is 5. The van der Waals surface area contributed by atoms with E-state index in [0.29, 0.717) is 5.69 Å². The first-order valence-electron chi connectivity index (χ1n) is 6.09. The van der Waals surface area contributed by atoms with Crippen LogP contribution >= 0.6 is 0 Å². The lowest BCUT2D eigenvalue weighted by Crippen LogP contribution is -2.32. The molecule has 0 aliphatic heterocycles. The Hall–Kier alpha value is -1.63. The summed E-state index contributed by atoms with van der Waals surface area (Å²) in [7, 11) is 1.66. The van der Waals surface area contributed by atoms with E-state index in [1.807, 2.05) is 0 Å². The molecule has 0 saturated heterocycles. The smallest absolute Gasteiger partial charge is 0.353 e. The molecule has 7 heteroatoms. The normalized spacial score (nSPS) is 23.9. The molecule has 18 heavy (non-hydrogen) atoms. The second-order valence-corrected chi connectivity index (χ2v) is 4.77. The summed E-state index contributed by atoms with van der Waals surface area (Å²) in [6.07, 6.45) is 3.47. The Bertz CT molecular complexity index is 449. The predicted molar refractivity (Wildman–Crippen MR) is 65.5 cm³/mol. The van der Waals surface area contributed by atoms with E-state index in [1.54, 1.807) is 14.0 Å². The Morgan fingerprint density at radius 3 is 2.61 bits per heavy atom. The molecule has 0 aromatic carbocycles. The van der Waals surface area contributed by atoms with Crippen molar-refractivity contribution in [3.63, 3.8) is 0 Å². The SMILES string of the molecule is Cc1nn(C)c(OC2CCC(N)CC2)c1[N+](=O)[O-]. The first kappa shape index (κ1) is 12.8. The highest BCUT2D eigenvalue weighted by molar-refractivity contribution is 5.45. The highest BCUT2D eigenvalue weighted by Gasteiger charge is 2.29. The zero-order valence-electron chi connectivity index (χ0n) is 10.6. The summed E-state index contributed by atoms with van der Waals surface area (Å²) >= 11 is 0. The van der Waals surface area contributed by atoms with E-state index in [1.165, 1.54) is 4.68 Å². The van der Waals surface area contributed by atoms with Crippen LogP contribution in [0, 0.1) is 17.0 Å². The number of hydrogen-bond donors (Lipinski definition) is 1. The van der Waals surface area contributed by atoms with Crippen molar-refractivity contribution in [1.29, 1.82) is 0 Å². The summed E-state index contributed by atoms with van der Waals surface area (Å²) in [5, 5.41) is 15.0. The molecule has 2 N–H and O–H groups in total. The molecule has 0 atom stereocenters. The maximum atomic E-state index is 11.0. The third-order valence-corrected chi connectivity index (χ3v) is 3.32. The molecular formula is C11H18N4O3. The lowest BCUT2D eigenvalue weighted by Gasteiger charge is -2.26. The zero-order chi connectivity index (χ0) is 13.3. The Morgan fingerprint density at radius 1 is 1.44 bits per heavy atom. The monoisotopic (exact) mass is 254 g/mol. The van der Waals surface area contributed by atoms with Gasteiger partial charge >= 0.3 is 5.69 Å². The molecule has 1 saturated carbocycles. The van der Waals surface area contributed by atoms with Crippen molar-refractivity contribution in [1.82, 2.24) is 9.78 Å². The average molecular weight is 254 g/mol. The van der Waals surface area contributed by atoms with Gasteiger partial charge in [0.25, 0.3) is 5.88 Å². The molecule has 1 fully saturated rings. The number of nitrogens with two attached hydrogens (primary N) is 1. The standard InChI is InChI=1S/C11H18N4O3/c1-7-10(15(16)17)11(14(2)13-7)18-9-5-3-8(12)4-6-9/h8-9H,3-6,12H2,1-2H3. The highest BCUT2D eigenvalue weighted by Crippen LogP contribution is 2.32. The third kappa shape index (κ3) is 2.45. The van der Waals surface area contributed by atoms with Gasteiger partial charge in [-0.2, -0.15) is 5.10 Å². The molecule has 7 nitrogen and oxygen atoms in total. The summed E-state index contributed by atoms with van der Waals surface area (Å²) in [6, 6.07) is 0.230.